The fourth-order valence-corrected chi connectivity index (χ4v) is 2.20. The van der Waals surface area contributed by atoms with Gasteiger partial charge in [-0.3, -0.25) is 4.79 Å². The van der Waals surface area contributed by atoms with Gasteiger partial charge in [-0.15, -0.1) is 0 Å². The van der Waals surface area contributed by atoms with E-state index >= 15 is 0 Å². The van der Waals surface area contributed by atoms with Crippen molar-refractivity contribution in [2.24, 2.45) is 5.41 Å². The van der Waals surface area contributed by atoms with Gasteiger partial charge in [0.1, 0.15) is 5.41 Å². The summed E-state index contributed by atoms with van der Waals surface area (Å²) in [6.07, 6.45) is 2.03. The van der Waals surface area contributed by atoms with Gasteiger partial charge in [-0.2, -0.15) is 5.26 Å². The second-order valence-electron chi connectivity index (χ2n) is 4.71. The summed E-state index contributed by atoms with van der Waals surface area (Å²) in [4.78, 5) is 12.2. The molecule has 1 rings (SSSR count). The Kier molecular flexibility index (Phi) is 5.57. The van der Waals surface area contributed by atoms with Crippen molar-refractivity contribution in [2.45, 2.75) is 46.6 Å². The van der Waals surface area contributed by atoms with Gasteiger partial charge in [-0.25, -0.2) is 0 Å². The van der Waals surface area contributed by atoms with E-state index in [4.69, 9.17) is 0 Å². The number of nitrogens with one attached hydrogen (secondary N) is 1. The third-order valence-electron chi connectivity index (χ3n) is 3.79. The maximum atomic E-state index is 12.2. The maximum Gasteiger partial charge on any atom is 0.240 e. The first-order valence-electron chi connectivity index (χ1n) is 6.89. The van der Waals surface area contributed by atoms with Crippen LogP contribution in [0.2, 0.25) is 0 Å². The minimum absolute atomic E-state index is 0.161. The lowest BCUT2D eigenvalue weighted by Crippen LogP contribution is -2.39. The third-order valence-corrected chi connectivity index (χ3v) is 3.79. The number of benzene rings is 1. The predicted octanol–water partition coefficient (Wildman–Crippen LogP) is 3.20. The average Bonchev–Trinajstić information content (AvgIpc) is 2.47. The van der Waals surface area contributed by atoms with Gasteiger partial charge in [0.2, 0.25) is 5.91 Å². The van der Waals surface area contributed by atoms with Crippen LogP contribution in [-0.2, 0) is 17.8 Å². The summed E-state index contributed by atoms with van der Waals surface area (Å²) in [5.41, 5.74) is 1.47. The number of nitrogens with zero attached hydrogens (tertiary/aromatic N) is 1. The van der Waals surface area contributed by atoms with Crippen molar-refractivity contribution in [2.75, 3.05) is 0 Å². The summed E-state index contributed by atoms with van der Waals surface area (Å²) in [7, 11) is 0. The molecule has 0 aliphatic heterocycles. The zero-order valence-electron chi connectivity index (χ0n) is 12.0. The fourth-order valence-electron chi connectivity index (χ4n) is 2.20. The number of amides is 1. The lowest BCUT2D eigenvalue weighted by Gasteiger charge is -2.22. The Labute approximate surface area is 115 Å². The number of rotatable bonds is 6. The topological polar surface area (TPSA) is 52.9 Å². The van der Waals surface area contributed by atoms with Crippen LogP contribution < -0.4 is 5.32 Å². The van der Waals surface area contributed by atoms with Gasteiger partial charge in [0.15, 0.2) is 0 Å². The average molecular weight is 258 g/mol. The largest absolute Gasteiger partial charge is 0.351 e. The minimum Gasteiger partial charge on any atom is -0.351 e. The van der Waals surface area contributed by atoms with E-state index in [9.17, 15) is 10.1 Å². The van der Waals surface area contributed by atoms with Gasteiger partial charge in [-0.05, 0) is 30.4 Å². The molecule has 0 bridgehead atoms. The highest BCUT2D eigenvalue weighted by atomic mass is 16.2. The molecule has 0 aliphatic rings. The smallest absolute Gasteiger partial charge is 0.240 e. The second kappa shape index (κ2) is 6.94. The number of hydrogen-bond acceptors (Lipinski definition) is 2. The van der Waals surface area contributed by atoms with Crippen LogP contribution in [0.15, 0.2) is 24.3 Å². The molecule has 0 saturated heterocycles. The molecule has 3 nitrogen and oxygen atoms in total. The molecule has 0 fully saturated rings. The zero-order valence-corrected chi connectivity index (χ0v) is 12.0. The molecular formula is C16H22N2O. The molecule has 1 aromatic rings. The highest BCUT2D eigenvalue weighted by molar-refractivity contribution is 5.85. The number of aryl methyl sites for hydroxylation is 1. The summed E-state index contributed by atoms with van der Waals surface area (Å²) in [5, 5.41) is 12.1. The molecule has 1 amide bonds. The van der Waals surface area contributed by atoms with E-state index in [-0.39, 0.29) is 5.91 Å². The van der Waals surface area contributed by atoms with Crippen molar-refractivity contribution in [1.82, 2.24) is 5.32 Å². The Bertz CT molecular complexity index is 470. The fraction of sp³-hybridized carbons (Fsp3) is 0.500. The summed E-state index contributed by atoms with van der Waals surface area (Å²) < 4.78 is 0. The molecule has 0 unspecified atom stereocenters. The lowest BCUT2D eigenvalue weighted by molar-refractivity contribution is -0.128. The third kappa shape index (κ3) is 3.35. The molecule has 102 valence electrons. The van der Waals surface area contributed by atoms with Gasteiger partial charge < -0.3 is 5.32 Å². The summed E-state index contributed by atoms with van der Waals surface area (Å²) in [6, 6.07) is 10.2. The van der Waals surface area contributed by atoms with Crippen molar-refractivity contribution in [3.8, 4) is 6.07 Å². The molecule has 0 aromatic heterocycles. The van der Waals surface area contributed by atoms with Crippen molar-refractivity contribution in [3.63, 3.8) is 0 Å². The number of carbonyl (C=O) groups is 1. The van der Waals surface area contributed by atoms with Crippen molar-refractivity contribution in [1.29, 1.82) is 5.26 Å². The van der Waals surface area contributed by atoms with E-state index in [0.717, 1.165) is 12.0 Å². The van der Waals surface area contributed by atoms with Gasteiger partial charge in [0.25, 0.3) is 0 Å². The quantitative estimate of drug-likeness (QED) is 0.852. The van der Waals surface area contributed by atoms with Crippen molar-refractivity contribution < 1.29 is 4.79 Å². The Morgan fingerprint density at radius 1 is 1.21 bits per heavy atom. The monoisotopic (exact) mass is 258 g/mol. The molecule has 0 saturated carbocycles. The molecule has 1 aromatic carbocycles. The molecule has 0 spiro atoms. The Morgan fingerprint density at radius 2 is 1.79 bits per heavy atom. The molecule has 1 N–H and O–H groups in total. The van der Waals surface area contributed by atoms with Crippen LogP contribution in [0.4, 0.5) is 0 Å². The van der Waals surface area contributed by atoms with Crippen LogP contribution in [-0.4, -0.2) is 5.91 Å². The lowest BCUT2D eigenvalue weighted by atomic mass is 9.83. The molecule has 0 aliphatic carbocycles. The van der Waals surface area contributed by atoms with Crippen LogP contribution in [0, 0.1) is 16.7 Å². The molecule has 0 radical (unpaired) electrons. The molecule has 19 heavy (non-hydrogen) atoms. The van der Waals surface area contributed by atoms with E-state index < -0.39 is 5.41 Å². The van der Waals surface area contributed by atoms with Gasteiger partial charge in [0.05, 0.1) is 6.07 Å². The van der Waals surface area contributed by atoms with Gasteiger partial charge in [0, 0.05) is 6.54 Å². The summed E-state index contributed by atoms with van der Waals surface area (Å²) in [5.74, 6) is -0.161. The van der Waals surface area contributed by atoms with Crippen molar-refractivity contribution >= 4 is 5.91 Å². The van der Waals surface area contributed by atoms with Crippen LogP contribution in [0.25, 0.3) is 0 Å². The SMILES string of the molecule is CCc1ccccc1CNC(=O)C(C#N)(CC)CC. The van der Waals surface area contributed by atoms with Gasteiger partial charge >= 0.3 is 0 Å². The number of hydrogen-bond donors (Lipinski definition) is 1. The summed E-state index contributed by atoms with van der Waals surface area (Å²) >= 11 is 0. The zero-order chi connectivity index (χ0) is 14.3. The Balaban J connectivity index is 2.77. The van der Waals surface area contributed by atoms with Gasteiger partial charge in [-0.1, -0.05) is 45.0 Å². The number of carbonyl (C=O) groups excluding carboxylic acids is 1. The van der Waals surface area contributed by atoms with E-state index in [0.29, 0.717) is 19.4 Å². The normalized spacial score (nSPS) is 10.8. The molecular weight excluding hydrogens is 236 g/mol. The second-order valence-corrected chi connectivity index (χ2v) is 4.71. The first kappa shape index (κ1) is 15.2. The first-order chi connectivity index (χ1) is 9.13. The van der Waals surface area contributed by atoms with Crippen LogP contribution in [0.1, 0.15) is 44.7 Å². The Hall–Kier alpha value is -1.82. The maximum absolute atomic E-state index is 12.2. The van der Waals surface area contributed by atoms with E-state index in [1.165, 1.54) is 5.56 Å². The highest BCUT2D eigenvalue weighted by Gasteiger charge is 2.34. The van der Waals surface area contributed by atoms with E-state index in [1.807, 2.05) is 32.0 Å². The van der Waals surface area contributed by atoms with Crippen LogP contribution in [0.5, 0.6) is 0 Å². The molecule has 0 heterocycles. The molecule has 0 atom stereocenters. The minimum atomic E-state index is -0.888. The van der Waals surface area contributed by atoms with Crippen LogP contribution in [0.3, 0.4) is 0 Å². The predicted molar refractivity (Wildman–Crippen MR) is 76.3 cm³/mol. The van der Waals surface area contributed by atoms with Crippen molar-refractivity contribution in [3.05, 3.63) is 35.4 Å². The number of nitriles is 1. The standard InChI is InChI=1S/C16H22N2O/c1-4-13-9-7-8-10-14(13)11-18-15(19)16(5-2,6-3)12-17/h7-10H,4-6,11H2,1-3H3,(H,18,19). The first-order valence-corrected chi connectivity index (χ1v) is 6.89. The van der Waals surface area contributed by atoms with Crippen LogP contribution >= 0.6 is 0 Å². The van der Waals surface area contributed by atoms with E-state index in [1.54, 1.807) is 0 Å². The highest BCUT2D eigenvalue weighted by Crippen LogP contribution is 2.25. The summed E-state index contributed by atoms with van der Waals surface area (Å²) in [6.45, 7) is 6.35. The van der Waals surface area contributed by atoms with E-state index in [2.05, 4.69) is 24.4 Å². The molecule has 3 heteroatoms. The Morgan fingerprint density at radius 3 is 2.26 bits per heavy atom.